The van der Waals surface area contributed by atoms with Crippen molar-refractivity contribution in [3.63, 3.8) is 0 Å². The first kappa shape index (κ1) is 20.8. The fourth-order valence-electron chi connectivity index (χ4n) is 5.61. The van der Waals surface area contributed by atoms with Gasteiger partial charge in [-0.1, -0.05) is 47.5 Å². The summed E-state index contributed by atoms with van der Waals surface area (Å²) in [5.41, 5.74) is 9.87. The Bertz CT molecular complexity index is 1360. The Labute approximate surface area is 199 Å². The van der Waals surface area contributed by atoms with Gasteiger partial charge >= 0.3 is 0 Å². The fraction of sp³-hybridized carbons (Fsp3) is 0.292. The van der Waals surface area contributed by atoms with E-state index in [1.54, 1.807) is 12.3 Å². The molecule has 2 aromatic carbocycles. The first-order chi connectivity index (χ1) is 16.0. The van der Waals surface area contributed by atoms with E-state index in [-0.39, 0.29) is 11.2 Å². The Hall–Kier alpha value is -2.74. The molecule has 0 radical (unpaired) electrons. The van der Waals surface area contributed by atoms with Crippen molar-refractivity contribution in [2.45, 2.75) is 11.8 Å². The van der Waals surface area contributed by atoms with E-state index in [9.17, 15) is 4.39 Å². The number of halogens is 3. The summed E-state index contributed by atoms with van der Waals surface area (Å²) < 4.78 is 13.5. The Kier molecular flexibility index (Phi) is 4.83. The van der Waals surface area contributed by atoms with Crippen molar-refractivity contribution < 1.29 is 4.39 Å². The summed E-state index contributed by atoms with van der Waals surface area (Å²) >= 11 is 12.6. The van der Waals surface area contributed by atoms with Crippen molar-refractivity contribution in [2.75, 3.05) is 24.5 Å². The number of H-pyrrole nitrogens is 1. The predicted octanol–water partition coefficient (Wildman–Crippen LogP) is 4.82. The van der Waals surface area contributed by atoms with Gasteiger partial charge in [-0.2, -0.15) is 5.10 Å². The van der Waals surface area contributed by atoms with Crippen LogP contribution in [-0.2, 0) is 5.41 Å². The molecular formula is C24H21Cl2FN6. The van der Waals surface area contributed by atoms with Crippen LogP contribution in [0.25, 0.3) is 22.4 Å². The van der Waals surface area contributed by atoms with E-state index in [1.807, 2.05) is 24.3 Å². The number of hydrogen-bond acceptors (Lipinski definition) is 5. The molecule has 3 N–H and O–H groups in total. The highest BCUT2D eigenvalue weighted by atomic mass is 35.5. The van der Waals surface area contributed by atoms with Crippen LogP contribution >= 0.6 is 23.2 Å². The third-order valence-corrected chi connectivity index (χ3v) is 8.15. The van der Waals surface area contributed by atoms with Crippen molar-refractivity contribution in [1.29, 1.82) is 0 Å². The van der Waals surface area contributed by atoms with Crippen LogP contribution in [0.1, 0.15) is 12.0 Å². The smallest absolute Gasteiger partial charge is 0.177 e. The van der Waals surface area contributed by atoms with Gasteiger partial charge < -0.3 is 10.6 Å². The number of nitrogens with two attached hydrogens (primary N) is 1. The predicted molar refractivity (Wildman–Crippen MR) is 128 cm³/mol. The van der Waals surface area contributed by atoms with Crippen molar-refractivity contribution in [1.82, 2.24) is 20.2 Å². The average Bonchev–Trinajstić information content (AvgIpc) is 3.30. The monoisotopic (exact) mass is 482 g/mol. The van der Waals surface area contributed by atoms with Crippen LogP contribution in [-0.4, -0.2) is 39.8 Å². The number of rotatable bonds is 4. The summed E-state index contributed by atoms with van der Waals surface area (Å²) in [6.07, 6.45) is 2.79. The van der Waals surface area contributed by atoms with E-state index in [4.69, 9.17) is 33.9 Å². The molecule has 1 aliphatic heterocycles. The molecule has 2 aromatic heterocycles. The second-order valence-electron chi connectivity index (χ2n) is 8.80. The minimum Gasteiger partial charge on any atom is -0.355 e. The lowest BCUT2D eigenvalue weighted by atomic mass is 9.91. The Morgan fingerprint density at radius 3 is 2.76 bits per heavy atom. The Morgan fingerprint density at radius 1 is 1.15 bits per heavy atom. The quantitative estimate of drug-likeness (QED) is 0.435. The molecule has 9 heteroatoms. The van der Waals surface area contributed by atoms with Gasteiger partial charge in [-0.15, -0.1) is 0 Å². The van der Waals surface area contributed by atoms with Crippen LogP contribution in [0, 0.1) is 17.7 Å². The highest BCUT2D eigenvalue weighted by molar-refractivity contribution is 6.43. The first-order valence-corrected chi connectivity index (χ1v) is 11.6. The first-order valence-electron chi connectivity index (χ1n) is 10.9. The van der Waals surface area contributed by atoms with Gasteiger partial charge in [0.15, 0.2) is 5.65 Å². The summed E-state index contributed by atoms with van der Waals surface area (Å²) in [6.45, 7) is 2.25. The largest absolute Gasteiger partial charge is 0.355 e. The standard InChI is InChI=1S/C24H21Cl2FN6/c25-18-3-1-2-15(20(18)26)21-22-23(32-31-21)30-19(10-29-22)33-9-8-16-17(11-33)24(16,12-28)13-4-6-14(27)7-5-13/h1-7,10,16-17H,8-9,11-12,28H2,(H,30,31,32). The maximum atomic E-state index is 13.5. The highest BCUT2D eigenvalue weighted by Gasteiger charge is 2.65. The van der Waals surface area contributed by atoms with Gasteiger partial charge in [-0.3, -0.25) is 5.10 Å². The van der Waals surface area contributed by atoms with Crippen molar-refractivity contribution in [2.24, 2.45) is 17.6 Å². The molecular weight excluding hydrogens is 462 g/mol. The molecule has 0 bridgehead atoms. The lowest BCUT2D eigenvalue weighted by Crippen LogP contribution is -2.32. The Morgan fingerprint density at radius 2 is 1.97 bits per heavy atom. The molecule has 4 aromatic rings. The molecule has 168 valence electrons. The zero-order valence-corrected chi connectivity index (χ0v) is 19.1. The van der Waals surface area contributed by atoms with Crippen LogP contribution in [0.4, 0.5) is 10.2 Å². The maximum absolute atomic E-state index is 13.5. The van der Waals surface area contributed by atoms with E-state index in [0.717, 1.165) is 30.9 Å². The summed E-state index contributed by atoms with van der Waals surface area (Å²) in [5, 5.41) is 8.29. The highest BCUT2D eigenvalue weighted by Crippen LogP contribution is 2.63. The molecule has 3 heterocycles. The second kappa shape index (κ2) is 7.65. The summed E-state index contributed by atoms with van der Waals surface area (Å²) in [5.74, 6) is 1.48. The number of nitrogens with zero attached hydrogens (tertiary/aromatic N) is 4. The van der Waals surface area contributed by atoms with Gasteiger partial charge in [0, 0.05) is 30.6 Å². The minimum atomic E-state index is -0.224. The molecule has 6 rings (SSSR count). The molecule has 33 heavy (non-hydrogen) atoms. The van der Waals surface area contributed by atoms with E-state index < -0.39 is 0 Å². The van der Waals surface area contributed by atoms with Crippen molar-refractivity contribution in [3.8, 4) is 11.3 Å². The number of piperidine rings is 1. The van der Waals surface area contributed by atoms with Crippen molar-refractivity contribution in [3.05, 3.63) is 70.1 Å². The molecule has 3 atom stereocenters. The zero-order chi connectivity index (χ0) is 22.7. The van der Waals surface area contributed by atoms with Gasteiger partial charge in [0.1, 0.15) is 22.8 Å². The number of nitrogens with one attached hydrogen (secondary N) is 1. The van der Waals surface area contributed by atoms with Crippen LogP contribution in [0.5, 0.6) is 0 Å². The summed E-state index contributed by atoms with van der Waals surface area (Å²) in [6, 6.07) is 12.2. The normalized spacial score (nSPS) is 24.2. The van der Waals surface area contributed by atoms with Gasteiger partial charge in [0.25, 0.3) is 0 Å². The molecule has 1 aliphatic carbocycles. The molecule has 3 unspecified atom stereocenters. The number of benzene rings is 2. The third kappa shape index (κ3) is 3.14. The number of hydrogen-bond donors (Lipinski definition) is 2. The lowest BCUT2D eigenvalue weighted by Gasteiger charge is -2.26. The van der Waals surface area contributed by atoms with Gasteiger partial charge in [-0.05, 0) is 42.0 Å². The molecule has 2 fully saturated rings. The molecule has 1 saturated heterocycles. The number of anilines is 1. The van der Waals surface area contributed by atoms with Crippen LogP contribution in [0.15, 0.2) is 48.7 Å². The summed E-state index contributed by atoms with van der Waals surface area (Å²) in [7, 11) is 0. The molecule has 6 nitrogen and oxygen atoms in total. The Balaban J connectivity index is 1.29. The zero-order valence-electron chi connectivity index (χ0n) is 17.6. The molecule has 0 spiro atoms. The van der Waals surface area contributed by atoms with Crippen LogP contribution in [0.2, 0.25) is 10.0 Å². The maximum Gasteiger partial charge on any atom is 0.177 e. The molecule has 0 amide bonds. The molecule has 1 saturated carbocycles. The summed E-state index contributed by atoms with van der Waals surface area (Å²) in [4.78, 5) is 11.7. The van der Waals surface area contributed by atoms with E-state index in [1.165, 1.54) is 12.1 Å². The lowest BCUT2D eigenvalue weighted by molar-refractivity contribution is 0.545. The van der Waals surface area contributed by atoms with E-state index in [0.29, 0.717) is 50.8 Å². The van der Waals surface area contributed by atoms with Crippen molar-refractivity contribution >= 4 is 40.2 Å². The topological polar surface area (TPSA) is 83.7 Å². The second-order valence-corrected chi connectivity index (χ2v) is 9.58. The van der Waals surface area contributed by atoms with Gasteiger partial charge in [0.05, 0.1) is 16.2 Å². The van der Waals surface area contributed by atoms with E-state index in [2.05, 4.69) is 20.1 Å². The minimum absolute atomic E-state index is 0.0928. The van der Waals surface area contributed by atoms with Crippen LogP contribution in [0.3, 0.4) is 0 Å². The van der Waals surface area contributed by atoms with Crippen LogP contribution < -0.4 is 10.6 Å². The van der Waals surface area contributed by atoms with E-state index >= 15 is 0 Å². The number of fused-ring (bicyclic) bond motifs is 2. The SMILES string of the molecule is NCC1(c2ccc(F)cc2)C2CCN(c3cnc4c(-c5cccc(Cl)c5Cl)n[nH]c4n3)CC21. The average molecular weight is 483 g/mol. The van der Waals surface area contributed by atoms with Gasteiger partial charge in [-0.25, -0.2) is 14.4 Å². The number of aromatic nitrogens is 4. The van der Waals surface area contributed by atoms with Gasteiger partial charge in [0.2, 0.25) is 0 Å². The third-order valence-electron chi connectivity index (χ3n) is 7.33. The molecule has 2 aliphatic rings. The number of aromatic amines is 1. The fourth-order valence-corrected chi connectivity index (χ4v) is 6.00.